The number of ether oxygens (including phenoxy) is 2. The van der Waals surface area contributed by atoms with Gasteiger partial charge in [0.2, 0.25) is 0 Å². The van der Waals surface area contributed by atoms with Crippen LogP contribution in [0.5, 0.6) is 11.5 Å². The second-order valence-electron chi connectivity index (χ2n) is 9.69. The molecule has 4 bridgehead atoms. The highest BCUT2D eigenvalue weighted by Gasteiger charge is 2.47. The fourth-order valence-corrected chi connectivity index (χ4v) is 6.82. The minimum atomic E-state index is -0.368. The molecule has 1 N–H and O–H groups in total. The summed E-state index contributed by atoms with van der Waals surface area (Å²) in [6, 6.07) is 8.69. The molecule has 0 spiro atoms. The van der Waals surface area contributed by atoms with E-state index >= 15 is 0 Å². The van der Waals surface area contributed by atoms with Gasteiger partial charge in [-0.2, -0.15) is 0 Å². The number of hydrogen-bond acceptors (Lipinski definition) is 3. The summed E-state index contributed by atoms with van der Waals surface area (Å²) in [5.74, 6) is 4.43. The van der Waals surface area contributed by atoms with Gasteiger partial charge in [-0.05, 0) is 86.5 Å². The summed E-state index contributed by atoms with van der Waals surface area (Å²) in [7, 11) is 0. The quantitative estimate of drug-likeness (QED) is 0.442. The van der Waals surface area contributed by atoms with Crippen LogP contribution in [0.4, 0.5) is 4.39 Å². The van der Waals surface area contributed by atoms with E-state index in [-0.39, 0.29) is 12.4 Å². The standard InChI is InChI=1S/C26H30Cl2FNO2/c1-2-31-24-10-20(13-30-26-18-6-15-5-16(8-18)9-19(26)7-15)23(28)12-25(24)32-14-17-3-4-21(29)11-22(17)27/h3-4,10-12,15-16,18-19,26,30H,2,5-9,13-14H2,1H3. The summed E-state index contributed by atoms with van der Waals surface area (Å²) < 4.78 is 25.1. The van der Waals surface area contributed by atoms with Gasteiger partial charge in [0.15, 0.2) is 11.5 Å². The van der Waals surface area contributed by atoms with E-state index in [4.69, 9.17) is 32.7 Å². The van der Waals surface area contributed by atoms with Gasteiger partial charge in [-0.1, -0.05) is 29.3 Å². The summed E-state index contributed by atoms with van der Waals surface area (Å²) in [5, 5.41) is 4.84. The smallest absolute Gasteiger partial charge is 0.163 e. The van der Waals surface area contributed by atoms with Crippen molar-refractivity contribution in [3.63, 3.8) is 0 Å². The molecule has 172 valence electrons. The lowest BCUT2D eigenvalue weighted by atomic mass is 9.54. The van der Waals surface area contributed by atoms with Gasteiger partial charge >= 0.3 is 0 Å². The topological polar surface area (TPSA) is 30.5 Å². The minimum absolute atomic E-state index is 0.209. The summed E-state index contributed by atoms with van der Waals surface area (Å²) in [6.07, 6.45) is 7.03. The summed E-state index contributed by atoms with van der Waals surface area (Å²) in [5.41, 5.74) is 1.73. The number of hydrogen-bond donors (Lipinski definition) is 1. The van der Waals surface area contributed by atoms with Gasteiger partial charge in [0.1, 0.15) is 12.4 Å². The molecule has 4 saturated carbocycles. The molecule has 32 heavy (non-hydrogen) atoms. The third-order valence-electron chi connectivity index (χ3n) is 7.57. The molecule has 3 nitrogen and oxygen atoms in total. The zero-order valence-electron chi connectivity index (χ0n) is 18.4. The van der Waals surface area contributed by atoms with Crippen LogP contribution in [0.25, 0.3) is 0 Å². The third kappa shape index (κ3) is 4.60. The summed E-state index contributed by atoms with van der Waals surface area (Å²) in [6.45, 7) is 3.41. The molecule has 2 aromatic carbocycles. The molecule has 0 saturated heterocycles. The van der Waals surface area contributed by atoms with E-state index in [2.05, 4.69) is 5.32 Å². The number of benzene rings is 2. The Labute approximate surface area is 199 Å². The second-order valence-corrected chi connectivity index (χ2v) is 10.5. The summed E-state index contributed by atoms with van der Waals surface area (Å²) in [4.78, 5) is 0. The van der Waals surface area contributed by atoms with E-state index in [1.165, 1.54) is 44.2 Å². The Kier molecular flexibility index (Phi) is 6.55. The fraction of sp³-hybridized carbons (Fsp3) is 0.538. The lowest BCUT2D eigenvalue weighted by Crippen LogP contribution is -2.54. The number of halogens is 3. The second kappa shape index (κ2) is 9.40. The van der Waals surface area contributed by atoms with Crippen molar-refractivity contribution in [3.05, 3.63) is 57.3 Å². The van der Waals surface area contributed by atoms with Gasteiger partial charge in [-0.15, -0.1) is 0 Å². The number of nitrogens with one attached hydrogen (secondary N) is 1. The van der Waals surface area contributed by atoms with Crippen LogP contribution >= 0.6 is 23.2 Å². The first-order valence-electron chi connectivity index (χ1n) is 11.8. The van der Waals surface area contributed by atoms with Crippen molar-refractivity contribution in [1.82, 2.24) is 5.32 Å². The van der Waals surface area contributed by atoms with Crippen molar-refractivity contribution < 1.29 is 13.9 Å². The Bertz CT molecular complexity index is 955. The van der Waals surface area contributed by atoms with Crippen LogP contribution in [-0.4, -0.2) is 12.6 Å². The largest absolute Gasteiger partial charge is 0.490 e. The zero-order valence-corrected chi connectivity index (χ0v) is 19.9. The third-order valence-corrected chi connectivity index (χ3v) is 8.27. The molecule has 6 heteroatoms. The molecule has 6 rings (SSSR count). The van der Waals surface area contributed by atoms with E-state index in [1.807, 2.05) is 19.1 Å². The van der Waals surface area contributed by atoms with Crippen LogP contribution in [0.15, 0.2) is 30.3 Å². The average molecular weight is 478 g/mol. The highest BCUT2D eigenvalue weighted by atomic mass is 35.5. The highest BCUT2D eigenvalue weighted by Crippen LogP contribution is 2.53. The van der Waals surface area contributed by atoms with Gasteiger partial charge in [0, 0.05) is 29.2 Å². The Hall–Kier alpha value is -1.49. The van der Waals surface area contributed by atoms with Gasteiger partial charge < -0.3 is 14.8 Å². The van der Waals surface area contributed by atoms with Crippen LogP contribution in [0, 0.1) is 29.5 Å². The van der Waals surface area contributed by atoms with Crippen molar-refractivity contribution in [2.24, 2.45) is 23.7 Å². The molecular weight excluding hydrogens is 448 g/mol. The van der Waals surface area contributed by atoms with E-state index in [0.29, 0.717) is 39.8 Å². The highest BCUT2D eigenvalue weighted by molar-refractivity contribution is 6.31. The van der Waals surface area contributed by atoms with Crippen molar-refractivity contribution in [2.45, 2.75) is 58.2 Å². The maximum Gasteiger partial charge on any atom is 0.163 e. The molecule has 4 aliphatic carbocycles. The molecule has 0 radical (unpaired) electrons. The van der Waals surface area contributed by atoms with Crippen LogP contribution in [-0.2, 0) is 13.2 Å². The Balaban J connectivity index is 1.28. The van der Waals surface area contributed by atoms with Crippen LogP contribution in [0.2, 0.25) is 10.0 Å². The summed E-state index contributed by atoms with van der Waals surface area (Å²) >= 11 is 12.8. The normalized spacial score (nSPS) is 28.2. The maximum atomic E-state index is 13.3. The molecule has 0 unspecified atom stereocenters. The molecule has 4 aliphatic rings. The van der Waals surface area contributed by atoms with E-state index < -0.39 is 0 Å². The fourth-order valence-electron chi connectivity index (χ4n) is 6.37. The molecule has 2 aromatic rings. The number of rotatable bonds is 8. The maximum absolute atomic E-state index is 13.3. The molecule has 0 atom stereocenters. The first-order chi connectivity index (χ1) is 15.5. The van der Waals surface area contributed by atoms with Gasteiger partial charge in [0.25, 0.3) is 0 Å². The first kappa shape index (κ1) is 22.3. The van der Waals surface area contributed by atoms with E-state index in [0.717, 1.165) is 35.8 Å². The molecule has 4 fully saturated rings. The monoisotopic (exact) mass is 477 g/mol. The van der Waals surface area contributed by atoms with E-state index in [1.54, 1.807) is 6.07 Å². The van der Waals surface area contributed by atoms with Gasteiger partial charge in [-0.3, -0.25) is 0 Å². The van der Waals surface area contributed by atoms with Crippen LogP contribution in [0.3, 0.4) is 0 Å². The minimum Gasteiger partial charge on any atom is -0.490 e. The Morgan fingerprint density at radius 1 is 0.875 bits per heavy atom. The molecule has 0 aliphatic heterocycles. The molecule has 0 heterocycles. The predicted octanol–water partition coefficient (Wildman–Crippen LogP) is 7.02. The lowest BCUT2D eigenvalue weighted by molar-refractivity contribution is -0.0142. The van der Waals surface area contributed by atoms with E-state index in [9.17, 15) is 4.39 Å². The Morgan fingerprint density at radius 3 is 2.19 bits per heavy atom. The SMILES string of the molecule is CCOc1cc(CNC2C3CC4CC(C3)CC2C4)c(Cl)cc1OCc1ccc(F)cc1Cl. The first-order valence-corrected chi connectivity index (χ1v) is 12.5. The van der Waals surface area contributed by atoms with Gasteiger partial charge in [-0.25, -0.2) is 4.39 Å². The average Bonchev–Trinajstić information content (AvgIpc) is 2.74. The van der Waals surface area contributed by atoms with Crippen molar-refractivity contribution in [1.29, 1.82) is 0 Å². The van der Waals surface area contributed by atoms with Crippen molar-refractivity contribution in [3.8, 4) is 11.5 Å². The Morgan fingerprint density at radius 2 is 1.53 bits per heavy atom. The van der Waals surface area contributed by atoms with Crippen LogP contribution < -0.4 is 14.8 Å². The zero-order chi connectivity index (χ0) is 22.2. The van der Waals surface area contributed by atoms with Gasteiger partial charge in [0.05, 0.1) is 11.6 Å². The van der Waals surface area contributed by atoms with Crippen molar-refractivity contribution >= 4 is 23.2 Å². The molecule has 0 amide bonds. The van der Waals surface area contributed by atoms with Crippen LogP contribution in [0.1, 0.15) is 50.2 Å². The molecule has 0 aromatic heterocycles. The molecular formula is C26H30Cl2FNO2. The predicted molar refractivity (Wildman–Crippen MR) is 126 cm³/mol. The lowest BCUT2D eigenvalue weighted by Gasteiger charge is -2.54. The van der Waals surface area contributed by atoms with Crippen molar-refractivity contribution in [2.75, 3.05) is 6.61 Å².